The highest BCUT2D eigenvalue weighted by atomic mass is 15.2. The van der Waals surface area contributed by atoms with Gasteiger partial charge >= 0.3 is 0 Å². The third-order valence-corrected chi connectivity index (χ3v) is 3.58. The fourth-order valence-corrected chi connectivity index (χ4v) is 2.22. The van der Waals surface area contributed by atoms with Crippen LogP contribution in [-0.2, 0) is 0 Å². The van der Waals surface area contributed by atoms with E-state index in [1.165, 1.54) is 51.7 Å². The summed E-state index contributed by atoms with van der Waals surface area (Å²) in [5.41, 5.74) is 0. The number of nitrogens with zero attached hydrogens (tertiary/aromatic N) is 2. The zero-order chi connectivity index (χ0) is 12.7. The molecule has 1 rings (SSSR count). The molecule has 102 valence electrons. The molecular formula is C14H31N3. The molecule has 3 heteroatoms. The fourth-order valence-electron chi connectivity index (χ4n) is 2.22. The average molecular weight is 241 g/mol. The van der Waals surface area contributed by atoms with Crippen molar-refractivity contribution in [3.8, 4) is 0 Å². The van der Waals surface area contributed by atoms with E-state index in [-0.39, 0.29) is 0 Å². The molecule has 1 N–H and O–H groups in total. The molecule has 0 bridgehead atoms. The molecule has 0 aromatic carbocycles. The van der Waals surface area contributed by atoms with E-state index >= 15 is 0 Å². The first-order chi connectivity index (χ1) is 8.13. The summed E-state index contributed by atoms with van der Waals surface area (Å²) in [6.45, 7) is 5.88. The monoisotopic (exact) mass is 241 g/mol. The van der Waals surface area contributed by atoms with Crippen molar-refractivity contribution in [3.63, 3.8) is 0 Å². The molecule has 3 nitrogen and oxygen atoms in total. The lowest BCUT2D eigenvalue weighted by Gasteiger charge is -2.28. The maximum Gasteiger partial charge on any atom is 0.0217 e. The van der Waals surface area contributed by atoms with E-state index in [1.54, 1.807) is 0 Å². The van der Waals surface area contributed by atoms with Crippen molar-refractivity contribution in [3.05, 3.63) is 0 Å². The van der Waals surface area contributed by atoms with Gasteiger partial charge in [-0.25, -0.2) is 0 Å². The van der Waals surface area contributed by atoms with Gasteiger partial charge < -0.3 is 15.1 Å². The summed E-state index contributed by atoms with van der Waals surface area (Å²) in [5.74, 6) is 0. The molecule has 0 heterocycles. The standard InChI is InChI=1S/C14H31N3/c1-5-7-14(12-15-13-8-9-13)17(4)11-6-10-16(2)3/h13-15H,5-12H2,1-4H3. The smallest absolute Gasteiger partial charge is 0.0217 e. The summed E-state index contributed by atoms with van der Waals surface area (Å²) in [4.78, 5) is 4.81. The zero-order valence-corrected chi connectivity index (χ0v) is 12.2. The van der Waals surface area contributed by atoms with Crippen LogP contribution in [0.1, 0.15) is 39.0 Å². The van der Waals surface area contributed by atoms with Crippen LogP contribution < -0.4 is 5.32 Å². The third kappa shape index (κ3) is 7.02. The van der Waals surface area contributed by atoms with E-state index in [4.69, 9.17) is 0 Å². The Hall–Kier alpha value is -0.120. The summed E-state index contributed by atoms with van der Waals surface area (Å²) in [6, 6.07) is 1.56. The van der Waals surface area contributed by atoms with Crippen LogP contribution in [-0.4, -0.2) is 62.7 Å². The molecule has 0 aromatic heterocycles. The van der Waals surface area contributed by atoms with Gasteiger partial charge in [0, 0.05) is 18.6 Å². The Labute approximate surface area is 108 Å². The van der Waals surface area contributed by atoms with Crippen molar-refractivity contribution >= 4 is 0 Å². The highest BCUT2D eigenvalue weighted by Gasteiger charge is 2.22. The van der Waals surface area contributed by atoms with Crippen LogP contribution >= 0.6 is 0 Å². The molecule has 1 aliphatic carbocycles. The normalized spacial score (nSPS) is 18.0. The summed E-state index contributed by atoms with van der Waals surface area (Å²) in [5, 5.41) is 3.67. The van der Waals surface area contributed by atoms with Gasteiger partial charge in [0.2, 0.25) is 0 Å². The topological polar surface area (TPSA) is 18.5 Å². The quantitative estimate of drug-likeness (QED) is 0.629. The predicted octanol–water partition coefficient (Wildman–Crippen LogP) is 1.79. The van der Waals surface area contributed by atoms with Crippen molar-refractivity contribution in [1.29, 1.82) is 0 Å². The molecule has 1 atom stereocenters. The first kappa shape index (κ1) is 14.9. The van der Waals surface area contributed by atoms with E-state index in [2.05, 4.69) is 43.2 Å². The Morgan fingerprint density at radius 3 is 2.41 bits per heavy atom. The van der Waals surface area contributed by atoms with Crippen LogP contribution in [0.5, 0.6) is 0 Å². The highest BCUT2D eigenvalue weighted by Crippen LogP contribution is 2.19. The molecule has 0 aliphatic heterocycles. The van der Waals surface area contributed by atoms with Crippen LogP contribution in [0.4, 0.5) is 0 Å². The van der Waals surface area contributed by atoms with Crippen molar-refractivity contribution < 1.29 is 0 Å². The van der Waals surface area contributed by atoms with E-state index in [0.717, 1.165) is 12.1 Å². The minimum absolute atomic E-state index is 0.725. The second-order valence-electron chi connectivity index (χ2n) is 5.76. The molecule has 1 unspecified atom stereocenters. The highest BCUT2D eigenvalue weighted by molar-refractivity contribution is 4.83. The first-order valence-corrected chi connectivity index (χ1v) is 7.21. The lowest BCUT2D eigenvalue weighted by atomic mass is 10.1. The van der Waals surface area contributed by atoms with Crippen molar-refractivity contribution in [2.75, 3.05) is 40.8 Å². The SMILES string of the molecule is CCCC(CNC1CC1)N(C)CCCN(C)C. The van der Waals surface area contributed by atoms with Gasteiger partial charge in [0.05, 0.1) is 0 Å². The maximum absolute atomic E-state index is 3.67. The van der Waals surface area contributed by atoms with Gasteiger partial charge in [-0.3, -0.25) is 0 Å². The number of hydrogen-bond donors (Lipinski definition) is 1. The summed E-state index contributed by atoms with van der Waals surface area (Å²) < 4.78 is 0. The van der Waals surface area contributed by atoms with Gasteiger partial charge in [-0.15, -0.1) is 0 Å². The molecule has 0 aromatic rings. The van der Waals surface area contributed by atoms with Gasteiger partial charge in [0.25, 0.3) is 0 Å². The van der Waals surface area contributed by atoms with Gasteiger partial charge in [-0.05, 0) is 59.9 Å². The molecule has 1 saturated carbocycles. The van der Waals surface area contributed by atoms with Crippen molar-refractivity contribution in [1.82, 2.24) is 15.1 Å². The van der Waals surface area contributed by atoms with Gasteiger partial charge in [0.15, 0.2) is 0 Å². The Morgan fingerprint density at radius 2 is 1.88 bits per heavy atom. The summed E-state index contributed by atoms with van der Waals surface area (Å²) in [7, 11) is 6.58. The largest absolute Gasteiger partial charge is 0.312 e. The number of rotatable bonds is 10. The molecule has 17 heavy (non-hydrogen) atoms. The molecule has 1 fully saturated rings. The Kier molecular flexibility index (Phi) is 7.09. The Balaban J connectivity index is 2.17. The number of likely N-dealkylation sites (N-methyl/N-ethyl adjacent to an activating group) is 1. The van der Waals surface area contributed by atoms with Crippen LogP contribution in [0.2, 0.25) is 0 Å². The minimum Gasteiger partial charge on any atom is -0.312 e. The van der Waals surface area contributed by atoms with Crippen molar-refractivity contribution in [2.45, 2.75) is 51.1 Å². The Bertz CT molecular complexity index is 190. The molecule has 0 spiro atoms. The average Bonchev–Trinajstić information content (AvgIpc) is 3.07. The lowest BCUT2D eigenvalue weighted by Crippen LogP contribution is -2.41. The predicted molar refractivity (Wildman–Crippen MR) is 75.5 cm³/mol. The minimum atomic E-state index is 0.725. The van der Waals surface area contributed by atoms with Crippen LogP contribution in [0, 0.1) is 0 Å². The Morgan fingerprint density at radius 1 is 1.18 bits per heavy atom. The second kappa shape index (κ2) is 8.06. The van der Waals surface area contributed by atoms with Crippen LogP contribution in [0.15, 0.2) is 0 Å². The number of hydrogen-bond acceptors (Lipinski definition) is 3. The van der Waals surface area contributed by atoms with Crippen molar-refractivity contribution in [2.24, 2.45) is 0 Å². The van der Waals surface area contributed by atoms with E-state index in [9.17, 15) is 0 Å². The second-order valence-corrected chi connectivity index (χ2v) is 5.76. The molecule has 1 aliphatic rings. The lowest BCUT2D eigenvalue weighted by molar-refractivity contribution is 0.211. The van der Waals surface area contributed by atoms with Gasteiger partial charge in [0.1, 0.15) is 0 Å². The molecular weight excluding hydrogens is 210 g/mol. The summed E-state index contributed by atoms with van der Waals surface area (Å²) >= 11 is 0. The van der Waals surface area contributed by atoms with E-state index in [1.807, 2.05) is 0 Å². The molecule has 0 saturated heterocycles. The number of nitrogens with one attached hydrogen (secondary N) is 1. The van der Waals surface area contributed by atoms with Crippen LogP contribution in [0.25, 0.3) is 0 Å². The molecule has 0 radical (unpaired) electrons. The third-order valence-electron chi connectivity index (χ3n) is 3.58. The van der Waals surface area contributed by atoms with Crippen LogP contribution in [0.3, 0.4) is 0 Å². The fraction of sp³-hybridized carbons (Fsp3) is 1.00. The zero-order valence-electron chi connectivity index (χ0n) is 12.2. The molecule has 0 amide bonds. The maximum atomic E-state index is 3.67. The van der Waals surface area contributed by atoms with Gasteiger partial charge in [-0.1, -0.05) is 13.3 Å². The summed E-state index contributed by atoms with van der Waals surface area (Å²) in [6.07, 6.45) is 6.66. The van der Waals surface area contributed by atoms with E-state index in [0.29, 0.717) is 0 Å². The first-order valence-electron chi connectivity index (χ1n) is 7.21. The van der Waals surface area contributed by atoms with E-state index < -0.39 is 0 Å². The van der Waals surface area contributed by atoms with Gasteiger partial charge in [-0.2, -0.15) is 0 Å².